The van der Waals surface area contributed by atoms with E-state index in [9.17, 15) is 0 Å². The van der Waals surface area contributed by atoms with Crippen LogP contribution in [0, 0.1) is 33.8 Å². The Morgan fingerprint density at radius 2 is 1.45 bits per heavy atom. The SMILES string of the molecule is Cc1cccc(C)c1-c1nc2c3[c-]cccc3c3c(C)ccc(C)c3c2n1C.[Ir]. The summed E-state index contributed by atoms with van der Waals surface area (Å²) in [6.45, 7) is 8.73. The molecule has 1 heterocycles. The van der Waals surface area contributed by atoms with Crippen molar-refractivity contribution in [3.05, 3.63) is 76.9 Å². The molecule has 0 saturated heterocycles. The Kier molecular flexibility index (Phi) is 4.85. The summed E-state index contributed by atoms with van der Waals surface area (Å²) < 4.78 is 2.28. The van der Waals surface area contributed by atoms with Crippen LogP contribution >= 0.6 is 0 Å². The molecule has 5 rings (SSSR count). The molecule has 0 N–H and O–H groups in total. The Labute approximate surface area is 184 Å². The third-order valence-electron chi connectivity index (χ3n) is 6.02. The van der Waals surface area contributed by atoms with Gasteiger partial charge in [0.05, 0.1) is 0 Å². The van der Waals surface area contributed by atoms with Crippen LogP contribution in [0.1, 0.15) is 22.3 Å². The minimum absolute atomic E-state index is 0. The van der Waals surface area contributed by atoms with E-state index in [-0.39, 0.29) is 20.1 Å². The zero-order valence-electron chi connectivity index (χ0n) is 17.3. The molecule has 0 saturated carbocycles. The maximum atomic E-state index is 5.18. The molecule has 1 radical (unpaired) electrons. The first kappa shape index (κ1) is 19.8. The molecule has 5 aromatic rings. The van der Waals surface area contributed by atoms with Gasteiger partial charge in [0.25, 0.3) is 0 Å². The predicted octanol–water partition coefficient (Wildman–Crippen LogP) is 6.58. The van der Waals surface area contributed by atoms with Crippen LogP contribution < -0.4 is 0 Å². The molecule has 3 heteroatoms. The van der Waals surface area contributed by atoms with E-state index in [1.54, 1.807) is 0 Å². The third-order valence-corrected chi connectivity index (χ3v) is 6.02. The van der Waals surface area contributed by atoms with Gasteiger partial charge in [-0.2, -0.15) is 0 Å². The molecule has 29 heavy (non-hydrogen) atoms. The summed E-state index contributed by atoms with van der Waals surface area (Å²) in [6.07, 6.45) is 0. The van der Waals surface area contributed by atoms with Gasteiger partial charge in [0.1, 0.15) is 5.82 Å². The maximum Gasteiger partial charge on any atom is 0.130 e. The Balaban J connectivity index is 0.00000205. The molecular weight excluding hydrogens is 533 g/mol. The summed E-state index contributed by atoms with van der Waals surface area (Å²) in [5, 5.41) is 4.95. The van der Waals surface area contributed by atoms with Crippen molar-refractivity contribution in [2.24, 2.45) is 7.05 Å². The normalized spacial score (nSPS) is 11.3. The average molecular weight is 556 g/mol. The Hall–Kier alpha value is -2.48. The minimum Gasteiger partial charge on any atom is -0.335 e. The van der Waals surface area contributed by atoms with E-state index in [1.165, 1.54) is 49.5 Å². The van der Waals surface area contributed by atoms with Crippen LogP contribution in [0.3, 0.4) is 0 Å². The summed E-state index contributed by atoms with van der Waals surface area (Å²) in [7, 11) is 2.15. The monoisotopic (exact) mass is 556 g/mol. The number of fused-ring (bicyclic) bond motifs is 6. The second kappa shape index (κ2) is 7.09. The first-order valence-electron chi connectivity index (χ1n) is 9.74. The van der Waals surface area contributed by atoms with Gasteiger partial charge in [-0.15, -0.1) is 29.7 Å². The summed E-state index contributed by atoms with van der Waals surface area (Å²) in [4.78, 5) is 5.18. The fraction of sp³-hybridized carbons (Fsp3) is 0.192. The first-order valence-corrected chi connectivity index (χ1v) is 9.74. The van der Waals surface area contributed by atoms with Crippen LogP contribution in [0.25, 0.3) is 44.0 Å². The number of benzene rings is 4. The summed E-state index contributed by atoms with van der Waals surface area (Å²) in [5.41, 5.74) is 8.55. The van der Waals surface area contributed by atoms with Gasteiger partial charge >= 0.3 is 0 Å². The van der Waals surface area contributed by atoms with E-state index in [0.29, 0.717) is 0 Å². The van der Waals surface area contributed by atoms with Gasteiger partial charge in [0, 0.05) is 43.7 Å². The van der Waals surface area contributed by atoms with Gasteiger partial charge in [0.15, 0.2) is 0 Å². The van der Waals surface area contributed by atoms with Crippen molar-refractivity contribution in [1.29, 1.82) is 0 Å². The van der Waals surface area contributed by atoms with Crippen LogP contribution in [-0.4, -0.2) is 9.55 Å². The quantitative estimate of drug-likeness (QED) is 0.169. The Morgan fingerprint density at radius 3 is 2.14 bits per heavy atom. The summed E-state index contributed by atoms with van der Waals surface area (Å²) in [5.74, 6) is 1.03. The zero-order chi connectivity index (χ0) is 19.6. The molecule has 0 bridgehead atoms. The molecule has 2 nitrogen and oxygen atoms in total. The van der Waals surface area contributed by atoms with E-state index < -0.39 is 0 Å². The molecule has 0 atom stereocenters. The topological polar surface area (TPSA) is 17.8 Å². The molecule has 147 valence electrons. The average Bonchev–Trinajstić information content (AvgIpc) is 3.01. The molecule has 0 fully saturated rings. The van der Waals surface area contributed by atoms with Crippen LogP contribution in [0.4, 0.5) is 0 Å². The fourth-order valence-electron chi connectivity index (χ4n) is 4.65. The van der Waals surface area contributed by atoms with E-state index in [2.05, 4.69) is 87.8 Å². The van der Waals surface area contributed by atoms with Crippen molar-refractivity contribution < 1.29 is 20.1 Å². The number of imidazole rings is 1. The van der Waals surface area contributed by atoms with Crippen molar-refractivity contribution in [3.8, 4) is 11.4 Å². The van der Waals surface area contributed by atoms with Gasteiger partial charge in [0.2, 0.25) is 0 Å². The van der Waals surface area contributed by atoms with Crippen LogP contribution in [0.15, 0.2) is 48.5 Å². The Bertz CT molecular complexity index is 1390. The van der Waals surface area contributed by atoms with E-state index in [4.69, 9.17) is 4.98 Å². The second-order valence-corrected chi connectivity index (χ2v) is 7.87. The van der Waals surface area contributed by atoms with Crippen molar-refractivity contribution in [1.82, 2.24) is 9.55 Å². The molecule has 0 amide bonds. The number of hydrogen-bond acceptors (Lipinski definition) is 1. The number of hydrogen-bond donors (Lipinski definition) is 0. The summed E-state index contributed by atoms with van der Waals surface area (Å²) in [6, 6.07) is 20.6. The molecule has 0 unspecified atom stereocenters. The molecular formula is C26H23IrN2-. The molecule has 0 aliphatic rings. The van der Waals surface area contributed by atoms with E-state index >= 15 is 0 Å². The van der Waals surface area contributed by atoms with Gasteiger partial charge in [-0.25, -0.2) is 0 Å². The molecule has 0 aliphatic heterocycles. The number of aryl methyl sites for hydroxylation is 5. The smallest absolute Gasteiger partial charge is 0.130 e. The predicted molar refractivity (Wildman–Crippen MR) is 119 cm³/mol. The second-order valence-electron chi connectivity index (χ2n) is 7.87. The van der Waals surface area contributed by atoms with Crippen LogP contribution in [0.5, 0.6) is 0 Å². The van der Waals surface area contributed by atoms with Gasteiger partial charge in [-0.1, -0.05) is 41.3 Å². The number of nitrogens with zero attached hydrogens (tertiary/aromatic N) is 2. The van der Waals surface area contributed by atoms with Crippen LogP contribution in [0.2, 0.25) is 0 Å². The first-order chi connectivity index (χ1) is 13.5. The number of rotatable bonds is 1. The maximum absolute atomic E-state index is 5.18. The van der Waals surface area contributed by atoms with Gasteiger partial charge in [-0.3, -0.25) is 4.98 Å². The van der Waals surface area contributed by atoms with Gasteiger partial charge < -0.3 is 4.57 Å². The molecule has 0 spiro atoms. The summed E-state index contributed by atoms with van der Waals surface area (Å²) >= 11 is 0. The van der Waals surface area contributed by atoms with Crippen molar-refractivity contribution in [3.63, 3.8) is 0 Å². The third kappa shape index (κ3) is 2.76. The van der Waals surface area contributed by atoms with E-state index in [1.807, 2.05) is 6.07 Å². The standard InChI is InChI=1S/C26H23N2.Ir/c1-15-9-8-10-16(2)21(15)26-27-24-20-12-7-6-11-19(20)22-17(3)13-14-18(4)23(22)25(24)28(26)5;/h6-11,13-14H,1-5H3;/q-1;. The van der Waals surface area contributed by atoms with E-state index in [0.717, 1.165) is 16.7 Å². The minimum atomic E-state index is 0. The fourth-order valence-corrected chi connectivity index (χ4v) is 4.65. The van der Waals surface area contributed by atoms with Crippen LogP contribution in [-0.2, 0) is 27.2 Å². The molecule has 0 aliphatic carbocycles. The largest absolute Gasteiger partial charge is 0.335 e. The molecule has 4 aromatic carbocycles. The van der Waals surface area contributed by atoms with Gasteiger partial charge in [-0.05, 0) is 55.2 Å². The van der Waals surface area contributed by atoms with Crippen molar-refractivity contribution in [2.75, 3.05) is 0 Å². The van der Waals surface area contributed by atoms with Crippen molar-refractivity contribution >= 4 is 32.6 Å². The zero-order valence-corrected chi connectivity index (χ0v) is 19.7. The number of aromatic nitrogens is 2. The molecule has 1 aromatic heterocycles. The van der Waals surface area contributed by atoms with Crippen molar-refractivity contribution in [2.45, 2.75) is 27.7 Å². The Morgan fingerprint density at radius 1 is 0.793 bits per heavy atom.